The lowest BCUT2D eigenvalue weighted by molar-refractivity contribution is -0.0236. The van der Waals surface area contributed by atoms with Gasteiger partial charge in [0, 0.05) is 13.1 Å². The Kier molecular flexibility index (Phi) is 4.16. The van der Waals surface area contributed by atoms with Crippen LogP contribution in [0.15, 0.2) is 4.99 Å². The van der Waals surface area contributed by atoms with Crippen LogP contribution in [0.1, 0.15) is 20.8 Å². The molecule has 0 aromatic heterocycles. The maximum absolute atomic E-state index is 5.53. The van der Waals surface area contributed by atoms with Gasteiger partial charge in [0.2, 0.25) is 5.96 Å². The molecular weight excluding hydrogens is 180 g/mol. The summed E-state index contributed by atoms with van der Waals surface area (Å²) < 4.78 is 5.53. The number of hydrogen-bond acceptors (Lipinski definition) is 3. The molecule has 2 unspecified atom stereocenters. The summed E-state index contributed by atoms with van der Waals surface area (Å²) in [5.41, 5.74) is 2.64. The Bertz CT molecular complexity index is 207. The number of nitrogens with one attached hydrogen (secondary N) is 1. The fourth-order valence-corrected chi connectivity index (χ4v) is 1.57. The Morgan fingerprint density at radius 2 is 2.36 bits per heavy atom. The van der Waals surface area contributed by atoms with Gasteiger partial charge in [-0.05, 0) is 20.8 Å². The minimum Gasteiger partial charge on any atom is -0.375 e. The molecule has 1 fully saturated rings. The number of hydrogen-bond donors (Lipinski definition) is 2. The average Bonchev–Trinajstić information content (AvgIpc) is 2.18. The van der Waals surface area contributed by atoms with Gasteiger partial charge in [0.05, 0.1) is 18.8 Å². The Morgan fingerprint density at radius 3 is 2.93 bits per heavy atom. The highest BCUT2D eigenvalue weighted by atomic mass is 16.5. The van der Waals surface area contributed by atoms with Crippen LogP contribution in [0.5, 0.6) is 0 Å². The van der Waals surface area contributed by atoms with Crippen LogP contribution in [0.4, 0.5) is 0 Å². The smallest absolute Gasteiger partial charge is 0.208 e. The van der Waals surface area contributed by atoms with Crippen molar-refractivity contribution >= 4 is 5.96 Å². The Balaban J connectivity index is 2.67. The molecule has 1 heterocycles. The number of nitrogens with zero attached hydrogens (tertiary/aromatic N) is 2. The quantitative estimate of drug-likeness (QED) is 0.269. The van der Waals surface area contributed by atoms with E-state index in [4.69, 9.17) is 10.6 Å². The number of hydrazine groups is 1. The molecule has 3 N–H and O–H groups in total. The largest absolute Gasteiger partial charge is 0.375 e. The highest BCUT2D eigenvalue weighted by molar-refractivity contribution is 5.79. The first kappa shape index (κ1) is 11.3. The van der Waals surface area contributed by atoms with Gasteiger partial charge in [-0.1, -0.05) is 0 Å². The van der Waals surface area contributed by atoms with E-state index >= 15 is 0 Å². The average molecular weight is 200 g/mol. The lowest BCUT2D eigenvalue weighted by Crippen LogP contribution is -2.55. The van der Waals surface area contributed by atoms with Crippen molar-refractivity contribution in [1.82, 2.24) is 10.3 Å². The number of guanidine groups is 1. The molecule has 0 bridgehead atoms. The molecule has 1 rings (SSSR count). The topological polar surface area (TPSA) is 62.9 Å². The monoisotopic (exact) mass is 200 g/mol. The number of nitrogens with two attached hydrogens (primary N) is 1. The van der Waals surface area contributed by atoms with Crippen molar-refractivity contribution < 1.29 is 4.74 Å². The fraction of sp³-hybridized carbons (Fsp3) is 0.889. The lowest BCUT2D eigenvalue weighted by Gasteiger charge is -2.38. The molecule has 1 aliphatic rings. The van der Waals surface area contributed by atoms with Crippen LogP contribution < -0.4 is 11.3 Å². The molecule has 2 atom stereocenters. The molecule has 0 saturated carbocycles. The molecule has 1 saturated heterocycles. The third-order valence-electron chi connectivity index (χ3n) is 2.32. The van der Waals surface area contributed by atoms with Crippen LogP contribution in [-0.4, -0.2) is 42.7 Å². The Hall–Kier alpha value is -0.810. The maximum Gasteiger partial charge on any atom is 0.208 e. The summed E-state index contributed by atoms with van der Waals surface area (Å²) >= 11 is 0. The second-order valence-electron chi connectivity index (χ2n) is 3.59. The molecule has 5 nitrogen and oxygen atoms in total. The van der Waals surface area contributed by atoms with Gasteiger partial charge in [-0.2, -0.15) is 0 Å². The number of aliphatic imine (C=N–C) groups is 1. The van der Waals surface area contributed by atoms with E-state index in [-0.39, 0.29) is 6.10 Å². The number of morpholine rings is 1. The molecule has 5 heteroatoms. The second kappa shape index (κ2) is 5.17. The molecule has 0 aromatic rings. The van der Waals surface area contributed by atoms with E-state index in [2.05, 4.69) is 29.2 Å². The van der Waals surface area contributed by atoms with E-state index in [1.165, 1.54) is 0 Å². The highest BCUT2D eigenvalue weighted by Gasteiger charge is 2.25. The van der Waals surface area contributed by atoms with E-state index in [1.807, 2.05) is 6.92 Å². The van der Waals surface area contributed by atoms with Crippen LogP contribution in [0.2, 0.25) is 0 Å². The third-order valence-corrected chi connectivity index (χ3v) is 2.32. The van der Waals surface area contributed by atoms with Gasteiger partial charge >= 0.3 is 0 Å². The molecule has 0 amide bonds. The van der Waals surface area contributed by atoms with Gasteiger partial charge in [-0.15, -0.1) is 0 Å². The molecule has 0 aromatic carbocycles. The maximum atomic E-state index is 5.53. The minimum atomic E-state index is 0.238. The normalized spacial score (nSPS) is 29.1. The van der Waals surface area contributed by atoms with Crippen LogP contribution in [0.3, 0.4) is 0 Å². The molecule has 14 heavy (non-hydrogen) atoms. The van der Waals surface area contributed by atoms with Gasteiger partial charge in [-0.3, -0.25) is 10.4 Å². The standard InChI is InChI=1S/C9H20N4O/c1-4-11-9(12-10)13-5-8(3)14-6-7(13)2/h7-8H,4-6,10H2,1-3H3,(H,11,12). The summed E-state index contributed by atoms with van der Waals surface area (Å²) in [6, 6.07) is 0.326. The minimum absolute atomic E-state index is 0.238. The summed E-state index contributed by atoms with van der Waals surface area (Å²) in [7, 11) is 0. The number of rotatable bonds is 1. The zero-order chi connectivity index (χ0) is 10.6. The molecule has 82 valence electrons. The zero-order valence-electron chi connectivity index (χ0n) is 9.16. The molecular formula is C9H20N4O. The molecule has 0 spiro atoms. The summed E-state index contributed by atoms with van der Waals surface area (Å²) in [5, 5.41) is 0. The SMILES string of the molecule is CCN=C(NN)N1CC(C)OCC1C. The van der Waals surface area contributed by atoms with Crippen LogP contribution in [-0.2, 0) is 4.74 Å². The molecule has 0 radical (unpaired) electrons. The Labute approximate surface area is 85.3 Å². The van der Waals surface area contributed by atoms with E-state index in [9.17, 15) is 0 Å². The summed E-state index contributed by atoms with van der Waals surface area (Å²) in [6.07, 6.45) is 0.238. The van der Waals surface area contributed by atoms with Gasteiger partial charge in [0.25, 0.3) is 0 Å². The van der Waals surface area contributed by atoms with Gasteiger partial charge < -0.3 is 9.64 Å². The van der Waals surface area contributed by atoms with E-state index in [0.717, 1.165) is 25.7 Å². The first-order chi connectivity index (χ1) is 6.69. The summed E-state index contributed by atoms with van der Waals surface area (Å²) in [6.45, 7) is 8.45. The zero-order valence-corrected chi connectivity index (χ0v) is 9.16. The van der Waals surface area contributed by atoms with Crippen molar-refractivity contribution in [2.75, 3.05) is 19.7 Å². The summed E-state index contributed by atoms with van der Waals surface area (Å²) in [5.74, 6) is 6.19. The van der Waals surface area contributed by atoms with E-state index in [0.29, 0.717) is 6.04 Å². The van der Waals surface area contributed by atoms with Crippen molar-refractivity contribution in [2.45, 2.75) is 32.9 Å². The van der Waals surface area contributed by atoms with Crippen molar-refractivity contribution in [3.8, 4) is 0 Å². The second-order valence-corrected chi connectivity index (χ2v) is 3.59. The predicted molar refractivity (Wildman–Crippen MR) is 56.9 cm³/mol. The first-order valence-electron chi connectivity index (χ1n) is 5.08. The lowest BCUT2D eigenvalue weighted by atomic mass is 10.2. The summed E-state index contributed by atoms with van der Waals surface area (Å²) in [4.78, 5) is 6.45. The van der Waals surface area contributed by atoms with Crippen LogP contribution in [0, 0.1) is 0 Å². The van der Waals surface area contributed by atoms with Gasteiger partial charge in [-0.25, -0.2) is 5.84 Å². The van der Waals surface area contributed by atoms with E-state index < -0.39 is 0 Å². The van der Waals surface area contributed by atoms with Crippen molar-refractivity contribution in [1.29, 1.82) is 0 Å². The molecule has 0 aliphatic carbocycles. The fourth-order valence-electron chi connectivity index (χ4n) is 1.57. The first-order valence-corrected chi connectivity index (χ1v) is 5.08. The predicted octanol–water partition coefficient (Wildman–Crippen LogP) is -0.0652. The van der Waals surface area contributed by atoms with Crippen LogP contribution >= 0.6 is 0 Å². The van der Waals surface area contributed by atoms with Crippen molar-refractivity contribution in [3.63, 3.8) is 0 Å². The van der Waals surface area contributed by atoms with Gasteiger partial charge in [0.15, 0.2) is 0 Å². The number of ether oxygens (including phenoxy) is 1. The van der Waals surface area contributed by atoms with Crippen molar-refractivity contribution in [3.05, 3.63) is 0 Å². The van der Waals surface area contributed by atoms with Crippen LogP contribution in [0.25, 0.3) is 0 Å². The Morgan fingerprint density at radius 1 is 1.64 bits per heavy atom. The van der Waals surface area contributed by atoms with Crippen molar-refractivity contribution in [2.24, 2.45) is 10.8 Å². The van der Waals surface area contributed by atoms with E-state index in [1.54, 1.807) is 0 Å². The third kappa shape index (κ3) is 2.59. The van der Waals surface area contributed by atoms with Gasteiger partial charge in [0.1, 0.15) is 0 Å². The highest BCUT2D eigenvalue weighted by Crippen LogP contribution is 2.10. The molecule has 1 aliphatic heterocycles.